The summed E-state index contributed by atoms with van der Waals surface area (Å²) in [7, 11) is 0. The summed E-state index contributed by atoms with van der Waals surface area (Å²) in [6.07, 6.45) is 2.77. The van der Waals surface area contributed by atoms with Crippen molar-refractivity contribution in [1.82, 2.24) is 9.55 Å². The zero-order valence-corrected chi connectivity index (χ0v) is 18.3. The van der Waals surface area contributed by atoms with Crippen LogP contribution in [0.5, 0.6) is 11.5 Å². The number of fused-ring (bicyclic) bond motifs is 1. The molecule has 1 unspecified atom stereocenters. The normalized spacial score (nSPS) is 12.1. The van der Waals surface area contributed by atoms with Crippen molar-refractivity contribution in [1.29, 1.82) is 0 Å². The Balaban J connectivity index is 1.45. The second kappa shape index (κ2) is 10.2. The van der Waals surface area contributed by atoms with E-state index in [1.165, 1.54) is 5.56 Å². The van der Waals surface area contributed by atoms with Crippen LogP contribution < -0.4 is 9.47 Å². The Labute approximate surface area is 184 Å². The van der Waals surface area contributed by atoms with Gasteiger partial charge in [-0.25, -0.2) is 4.98 Å². The average Bonchev–Trinajstić information content (AvgIpc) is 3.16. The molecule has 0 saturated heterocycles. The lowest BCUT2D eigenvalue weighted by molar-refractivity contribution is 0.186. The van der Waals surface area contributed by atoms with Crippen molar-refractivity contribution in [2.24, 2.45) is 0 Å². The van der Waals surface area contributed by atoms with Gasteiger partial charge in [0.25, 0.3) is 0 Å². The summed E-state index contributed by atoms with van der Waals surface area (Å²) in [6, 6.07) is 26.5. The third-order valence-corrected chi connectivity index (χ3v) is 5.40. The summed E-state index contributed by atoms with van der Waals surface area (Å²) < 4.78 is 14.5. The molecule has 1 heterocycles. The molecule has 0 N–H and O–H groups in total. The predicted octanol–water partition coefficient (Wildman–Crippen LogP) is 6.73. The molecule has 31 heavy (non-hydrogen) atoms. The molecule has 3 aromatic carbocycles. The van der Waals surface area contributed by atoms with Gasteiger partial charge in [-0.3, -0.25) is 0 Å². The molecule has 0 aliphatic rings. The van der Waals surface area contributed by atoms with Crippen LogP contribution in [0.25, 0.3) is 11.0 Å². The van der Waals surface area contributed by atoms with Crippen molar-refractivity contribution in [2.45, 2.75) is 45.8 Å². The zero-order valence-electron chi connectivity index (χ0n) is 18.3. The van der Waals surface area contributed by atoms with E-state index < -0.39 is 0 Å². The van der Waals surface area contributed by atoms with Gasteiger partial charge in [-0.2, -0.15) is 0 Å². The van der Waals surface area contributed by atoms with Gasteiger partial charge in [-0.15, -0.1) is 0 Å². The molecule has 4 heteroatoms. The maximum atomic E-state index is 6.31. The largest absolute Gasteiger partial charge is 0.494 e. The molecule has 0 fully saturated rings. The van der Waals surface area contributed by atoms with E-state index in [0.29, 0.717) is 6.61 Å². The fourth-order valence-corrected chi connectivity index (χ4v) is 3.82. The van der Waals surface area contributed by atoms with Gasteiger partial charge in [0.15, 0.2) is 11.9 Å². The molecule has 0 saturated carbocycles. The molecule has 0 amide bonds. The first kappa shape index (κ1) is 21.0. The van der Waals surface area contributed by atoms with Gasteiger partial charge in [-0.05, 0) is 68.1 Å². The fourth-order valence-electron chi connectivity index (χ4n) is 3.82. The van der Waals surface area contributed by atoms with Crippen molar-refractivity contribution in [2.75, 3.05) is 6.61 Å². The number of rotatable bonds is 10. The van der Waals surface area contributed by atoms with Crippen molar-refractivity contribution in [3.05, 3.63) is 90.3 Å². The highest BCUT2D eigenvalue weighted by atomic mass is 16.5. The van der Waals surface area contributed by atoms with Crippen LogP contribution in [0.1, 0.15) is 43.7 Å². The summed E-state index contributed by atoms with van der Waals surface area (Å²) >= 11 is 0. The third kappa shape index (κ3) is 5.26. The molecule has 0 bridgehead atoms. The predicted molar refractivity (Wildman–Crippen MR) is 126 cm³/mol. The average molecular weight is 415 g/mol. The molecule has 0 aliphatic carbocycles. The summed E-state index contributed by atoms with van der Waals surface area (Å²) in [6.45, 7) is 5.83. The fraction of sp³-hybridized carbons (Fsp3) is 0.296. The summed E-state index contributed by atoms with van der Waals surface area (Å²) in [5.74, 6) is 2.81. The van der Waals surface area contributed by atoms with Crippen LogP contribution in [0, 0.1) is 6.92 Å². The highest BCUT2D eigenvalue weighted by molar-refractivity contribution is 5.76. The molecule has 4 aromatic rings. The lowest BCUT2D eigenvalue weighted by atomic mass is 10.2. The van der Waals surface area contributed by atoms with Crippen LogP contribution in [0.3, 0.4) is 0 Å². The standard InChI is InChI=1S/C27H30N2O2/c1-3-26(31-22-13-5-4-6-14-22)27-28-24-16-7-8-17-25(24)29(27)18-9-10-19-30-23-15-11-12-21(2)20-23/h4-8,11-17,20,26H,3,9-10,18-19H2,1-2H3. The van der Waals surface area contributed by atoms with E-state index in [-0.39, 0.29) is 6.10 Å². The van der Waals surface area contributed by atoms with Crippen LogP contribution in [-0.2, 0) is 6.54 Å². The van der Waals surface area contributed by atoms with Gasteiger partial charge in [0.05, 0.1) is 17.6 Å². The van der Waals surface area contributed by atoms with Gasteiger partial charge >= 0.3 is 0 Å². The summed E-state index contributed by atoms with van der Waals surface area (Å²) in [4.78, 5) is 4.94. The minimum Gasteiger partial charge on any atom is -0.494 e. The van der Waals surface area contributed by atoms with Crippen LogP contribution >= 0.6 is 0 Å². The Hall–Kier alpha value is -3.27. The number of aryl methyl sites for hydroxylation is 2. The Morgan fingerprint density at radius 2 is 1.65 bits per heavy atom. The highest BCUT2D eigenvalue weighted by Gasteiger charge is 2.20. The molecular formula is C27H30N2O2. The number of aromatic nitrogens is 2. The SMILES string of the molecule is CCC(Oc1ccccc1)c1nc2ccccc2n1CCCCOc1cccc(C)c1. The van der Waals surface area contributed by atoms with E-state index >= 15 is 0 Å². The molecule has 0 spiro atoms. The van der Waals surface area contributed by atoms with Crippen LogP contribution in [-0.4, -0.2) is 16.2 Å². The maximum Gasteiger partial charge on any atom is 0.156 e. The molecule has 160 valence electrons. The maximum absolute atomic E-state index is 6.31. The first-order valence-electron chi connectivity index (χ1n) is 11.1. The molecule has 1 aromatic heterocycles. The zero-order chi connectivity index (χ0) is 21.5. The number of hydrogen-bond acceptors (Lipinski definition) is 3. The molecular weight excluding hydrogens is 384 g/mol. The van der Waals surface area contributed by atoms with E-state index in [4.69, 9.17) is 14.5 Å². The first-order chi connectivity index (χ1) is 15.2. The van der Waals surface area contributed by atoms with Gasteiger partial charge in [0.1, 0.15) is 11.5 Å². The van der Waals surface area contributed by atoms with E-state index in [2.05, 4.69) is 48.7 Å². The molecule has 4 nitrogen and oxygen atoms in total. The van der Waals surface area contributed by atoms with Crippen LogP contribution in [0.2, 0.25) is 0 Å². The lowest BCUT2D eigenvalue weighted by Gasteiger charge is -2.19. The van der Waals surface area contributed by atoms with E-state index in [0.717, 1.165) is 54.2 Å². The number of benzene rings is 3. The highest BCUT2D eigenvalue weighted by Crippen LogP contribution is 2.28. The van der Waals surface area contributed by atoms with E-state index in [9.17, 15) is 0 Å². The van der Waals surface area contributed by atoms with E-state index in [1.807, 2.05) is 48.5 Å². The van der Waals surface area contributed by atoms with Crippen molar-refractivity contribution in [3.8, 4) is 11.5 Å². The number of imidazole rings is 1. The minimum atomic E-state index is -0.0849. The van der Waals surface area contributed by atoms with Gasteiger partial charge < -0.3 is 14.0 Å². The topological polar surface area (TPSA) is 36.3 Å². The molecule has 4 rings (SSSR count). The van der Waals surface area contributed by atoms with Gasteiger partial charge in [0.2, 0.25) is 0 Å². The van der Waals surface area contributed by atoms with Crippen LogP contribution in [0.15, 0.2) is 78.9 Å². The number of nitrogens with zero attached hydrogens (tertiary/aromatic N) is 2. The smallest absolute Gasteiger partial charge is 0.156 e. The molecule has 0 aliphatic heterocycles. The van der Waals surface area contributed by atoms with E-state index in [1.54, 1.807) is 0 Å². The number of hydrogen-bond donors (Lipinski definition) is 0. The molecule has 0 radical (unpaired) electrons. The van der Waals surface area contributed by atoms with Crippen molar-refractivity contribution < 1.29 is 9.47 Å². The second-order valence-corrected chi connectivity index (χ2v) is 7.81. The Bertz CT molecular complexity index is 1100. The number of para-hydroxylation sites is 3. The van der Waals surface area contributed by atoms with Gasteiger partial charge in [-0.1, -0.05) is 49.4 Å². The summed E-state index contributed by atoms with van der Waals surface area (Å²) in [5.41, 5.74) is 3.40. The Morgan fingerprint density at radius 1 is 0.871 bits per heavy atom. The third-order valence-electron chi connectivity index (χ3n) is 5.40. The van der Waals surface area contributed by atoms with Crippen molar-refractivity contribution >= 4 is 11.0 Å². The Kier molecular flexibility index (Phi) is 6.88. The quantitative estimate of drug-likeness (QED) is 0.270. The lowest BCUT2D eigenvalue weighted by Crippen LogP contribution is -2.14. The van der Waals surface area contributed by atoms with Crippen LogP contribution in [0.4, 0.5) is 0 Å². The first-order valence-corrected chi connectivity index (χ1v) is 11.1. The van der Waals surface area contributed by atoms with Gasteiger partial charge in [0, 0.05) is 6.54 Å². The molecule has 1 atom stereocenters. The number of ether oxygens (including phenoxy) is 2. The second-order valence-electron chi connectivity index (χ2n) is 7.81. The minimum absolute atomic E-state index is 0.0849. The Morgan fingerprint density at radius 3 is 2.45 bits per heavy atom. The summed E-state index contributed by atoms with van der Waals surface area (Å²) in [5, 5.41) is 0. The number of unbranched alkanes of at least 4 members (excludes halogenated alkanes) is 1. The van der Waals surface area contributed by atoms with Crippen molar-refractivity contribution in [3.63, 3.8) is 0 Å². The monoisotopic (exact) mass is 414 g/mol.